The molecule has 1 amide bonds. The van der Waals surface area contributed by atoms with E-state index in [1.807, 2.05) is 18.2 Å². The van der Waals surface area contributed by atoms with Gasteiger partial charge in [-0.3, -0.25) is 4.79 Å². The van der Waals surface area contributed by atoms with E-state index < -0.39 is 11.5 Å². The summed E-state index contributed by atoms with van der Waals surface area (Å²) >= 11 is 5.74. The lowest BCUT2D eigenvalue weighted by atomic mass is 9.86. The van der Waals surface area contributed by atoms with Crippen molar-refractivity contribution in [2.75, 3.05) is 26.6 Å². The number of hydrogen-bond acceptors (Lipinski definition) is 4. The van der Waals surface area contributed by atoms with Gasteiger partial charge in [-0.15, -0.1) is 11.6 Å². The zero-order chi connectivity index (χ0) is 17.5. The number of amides is 1. The second-order valence-corrected chi connectivity index (χ2v) is 6.15. The zero-order valence-corrected chi connectivity index (χ0v) is 14.6. The van der Waals surface area contributed by atoms with Crippen LogP contribution in [0.1, 0.15) is 18.2 Å². The molecule has 0 radical (unpaired) electrons. The number of carbonyl (C=O) groups excluding carboxylic acids is 2. The molecule has 1 N–H and O–H groups in total. The molecule has 1 aliphatic heterocycles. The number of alkyl halides is 1. The summed E-state index contributed by atoms with van der Waals surface area (Å²) < 4.78 is 10.3. The number of rotatable bonds is 3. The summed E-state index contributed by atoms with van der Waals surface area (Å²) in [5, 5.41) is 0.984. The quantitative estimate of drug-likeness (QED) is 0.681. The fourth-order valence-electron chi connectivity index (χ4n) is 3.47. The molecule has 128 valence electrons. The molecular formula is C17H19ClN2O4. The maximum atomic E-state index is 12.6. The lowest BCUT2D eigenvalue weighted by molar-refractivity contribution is -0.162. The van der Waals surface area contributed by atoms with Crippen molar-refractivity contribution in [3.05, 3.63) is 29.5 Å². The van der Waals surface area contributed by atoms with Gasteiger partial charge < -0.3 is 19.4 Å². The maximum Gasteiger partial charge on any atom is 0.337 e. The first-order valence-electron chi connectivity index (χ1n) is 7.61. The molecule has 0 fully saturated rings. The number of fused-ring (bicyclic) bond motifs is 3. The number of aromatic nitrogens is 1. The van der Waals surface area contributed by atoms with Crippen molar-refractivity contribution in [1.82, 2.24) is 9.88 Å². The highest BCUT2D eigenvalue weighted by Gasteiger charge is 2.49. The Hall–Kier alpha value is -2.21. The van der Waals surface area contributed by atoms with Crippen LogP contribution in [-0.4, -0.2) is 48.4 Å². The van der Waals surface area contributed by atoms with E-state index in [2.05, 4.69) is 4.98 Å². The number of aromatic amines is 1. The molecule has 0 spiro atoms. The molecule has 0 aliphatic carbocycles. The van der Waals surface area contributed by atoms with Crippen LogP contribution >= 0.6 is 11.6 Å². The molecule has 0 bridgehead atoms. The van der Waals surface area contributed by atoms with Gasteiger partial charge in [0.25, 0.3) is 0 Å². The van der Waals surface area contributed by atoms with E-state index >= 15 is 0 Å². The van der Waals surface area contributed by atoms with Crippen LogP contribution in [0.5, 0.6) is 5.75 Å². The van der Waals surface area contributed by atoms with Gasteiger partial charge in [-0.25, -0.2) is 4.79 Å². The molecule has 0 saturated carbocycles. The average molecular weight is 350 g/mol. The van der Waals surface area contributed by atoms with Crippen LogP contribution in [0.3, 0.4) is 0 Å². The molecule has 3 rings (SSSR count). The van der Waals surface area contributed by atoms with Crippen LogP contribution in [-0.2, 0) is 26.3 Å². The number of carbonyl (C=O) groups is 2. The normalized spacial score (nSPS) is 19.9. The lowest BCUT2D eigenvalue weighted by Crippen LogP contribution is -2.57. The fourth-order valence-corrected chi connectivity index (χ4v) is 3.61. The molecule has 1 aromatic carbocycles. The molecule has 1 aromatic heterocycles. The maximum absolute atomic E-state index is 12.6. The largest absolute Gasteiger partial charge is 0.497 e. The summed E-state index contributed by atoms with van der Waals surface area (Å²) in [6.07, 6.45) is 0.623. The van der Waals surface area contributed by atoms with E-state index in [1.165, 1.54) is 12.0 Å². The number of H-pyrrole nitrogens is 1. The molecule has 1 aliphatic rings. The number of benzene rings is 1. The lowest BCUT2D eigenvalue weighted by Gasteiger charge is -2.42. The third-order valence-electron chi connectivity index (χ3n) is 4.72. The van der Waals surface area contributed by atoms with Crippen LogP contribution in [0.4, 0.5) is 0 Å². The van der Waals surface area contributed by atoms with Gasteiger partial charge in [0.1, 0.15) is 11.6 Å². The van der Waals surface area contributed by atoms with Crippen molar-refractivity contribution in [2.45, 2.75) is 18.9 Å². The van der Waals surface area contributed by atoms with E-state index in [0.717, 1.165) is 22.2 Å². The van der Waals surface area contributed by atoms with Gasteiger partial charge in [-0.1, -0.05) is 0 Å². The van der Waals surface area contributed by atoms with Gasteiger partial charge in [0, 0.05) is 17.4 Å². The van der Waals surface area contributed by atoms with Crippen LogP contribution in [0.2, 0.25) is 0 Å². The minimum atomic E-state index is -1.24. The van der Waals surface area contributed by atoms with Gasteiger partial charge >= 0.3 is 5.97 Å². The SMILES string of the molecule is COC(=O)C1(C)c2[nH]c3ccc(O[11CH3])cc3c2CCN1C(=O)CCl. The Morgan fingerprint density at radius 2 is 2.12 bits per heavy atom. The summed E-state index contributed by atoms with van der Waals surface area (Å²) in [5.74, 6) is -0.245. The summed E-state index contributed by atoms with van der Waals surface area (Å²) in [4.78, 5) is 29.6. The minimum Gasteiger partial charge on any atom is -0.497 e. The van der Waals surface area contributed by atoms with Gasteiger partial charge in [0.2, 0.25) is 5.91 Å². The van der Waals surface area contributed by atoms with Crippen molar-refractivity contribution >= 4 is 34.4 Å². The number of methoxy groups -OCH3 is 2. The molecule has 2 aromatic rings. The van der Waals surface area contributed by atoms with Gasteiger partial charge in [0.15, 0.2) is 5.54 Å². The first-order valence-corrected chi connectivity index (χ1v) is 8.14. The zero-order valence-electron chi connectivity index (χ0n) is 13.8. The fraction of sp³-hybridized carbons (Fsp3) is 0.412. The molecule has 7 heteroatoms. The average Bonchev–Trinajstić information content (AvgIpc) is 2.99. The Morgan fingerprint density at radius 3 is 2.75 bits per heavy atom. The first kappa shape index (κ1) is 16.6. The monoisotopic (exact) mass is 349 g/mol. The number of hydrogen-bond donors (Lipinski definition) is 1. The molecule has 1 unspecified atom stereocenters. The van der Waals surface area contributed by atoms with Crippen molar-refractivity contribution < 1.29 is 19.1 Å². The van der Waals surface area contributed by atoms with Crippen LogP contribution in [0.25, 0.3) is 10.9 Å². The smallest absolute Gasteiger partial charge is 0.337 e. The number of nitrogens with one attached hydrogen (secondary N) is 1. The summed E-state index contributed by atoms with van der Waals surface area (Å²) in [5.41, 5.74) is 1.31. The van der Waals surface area contributed by atoms with Crippen molar-refractivity contribution in [3.8, 4) is 5.75 Å². The van der Waals surface area contributed by atoms with E-state index in [1.54, 1.807) is 14.0 Å². The molecule has 6 nitrogen and oxygen atoms in total. The second kappa shape index (κ2) is 6.02. The van der Waals surface area contributed by atoms with E-state index in [9.17, 15) is 9.59 Å². The second-order valence-electron chi connectivity index (χ2n) is 5.88. The summed E-state index contributed by atoms with van der Waals surface area (Å²) in [6.45, 7) is 2.09. The minimum absolute atomic E-state index is 0.185. The number of ether oxygens (including phenoxy) is 2. The Kier molecular flexibility index (Phi) is 4.17. The highest BCUT2D eigenvalue weighted by molar-refractivity contribution is 6.27. The Bertz CT molecular complexity index is 816. The summed E-state index contributed by atoms with van der Waals surface area (Å²) in [7, 11) is 2.93. The van der Waals surface area contributed by atoms with Crippen LogP contribution < -0.4 is 4.74 Å². The molecule has 24 heavy (non-hydrogen) atoms. The Balaban J connectivity index is 2.24. The van der Waals surface area contributed by atoms with Gasteiger partial charge in [0.05, 0.1) is 19.9 Å². The third-order valence-corrected chi connectivity index (χ3v) is 4.95. The van der Waals surface area contributed by atoms with Crippen LogP contribution in [0, 0.1) is 0 Å². The van der Waals surface area contributed by atoms with E-state index in [-0.39, 0.29) is 11.8 Å². The molecular weight excluding hydrogens is 331 g/mol. The number of nitrogens with zero attached hydrogens (tertiary/aromatic N) is 1. The standard InChI is InChI=1S/C17H19ClN2O4/c1-17(16(22)24-3)15-11(6-7-20(17)14(21)9-18)12-8-10(23-2)4-5-13(12)19-15/h4-5,8,19H,6-7,9H2,1-3H3/i2-1. The Morgan fingerprint density at radius 1 is 1.38 bits per heavy atom. The Labute approximate surface area is 144 Å². The van der Waals surface area contributed by atoms with Crippen molar-refractivity contribution in [1.29, 1.82) is 0 Å². The van der Waals surface area contributed by atoms with Crippen molar-refractivity contribution in [2.24, 2.45) is 0 Å². The third kappa shape index (κ3) is 2.24. The topological polar surface area (TPSA) is 71.6 Å². The number of esters is 1. The predicted octanol–water partition coefficient (Wildman–Crippen LogP) is 2.19. The predicted molar refractivity (Wildman–Crippen MR) is 90.4 cm³/mol. The first-order chi connectivity index (χ1) is 11.5. The highest BCUT2D eigenvalue weighted by Crippen LogP contribution is 2.40. The van der Waals surface area contributed by atoms with Gasteiger partial charge in [-0.2, -0.15) is 0 Å². The highest BCUT2D eigenvalue weighted by atomic mass is 35.5. The van der Waals surface area contributed by atoms with E-state index in [4.69, 9.17) is 21.1 Å². The molecule has 1 atom stereocenters. The molecule has 2 heterocycles. The van der Waals surface area contributed by atoms with E-state index in [0.29, 0.717) is 18.7 Å². The summed E-state index contributed by atoms with van der Waals surface area (Å²) in [6, 6.07) is 5.68. The molecule has 0 saturated heterocycles. The van der Waals surface area contributed by atoms with Crippen molar-refractivity contribution in [3.63, 3.8) is 0 Å². The number of halogens is 1. The van der Waals surface area contributed by atoms with Crippen LogP contribution in [0.15, 0.2) is 18.2 Å². The van der Waals surface area contributed by atoms with Gasteiger partial charge in [-0.05, 0) is 37.1 Å².